The second kappa shape index (κ2) is 2.08. The Balaban J connectivity index is 2.72. The fourth-order valence-electron chi connectivity index (χ4n) is 0.942. The quantitative estimate of drug-likeness (QED) is 0.505. The summed E-state index contributed by atoms with van der Waals surface area (Å²) in [7, 11) is 0. The van der Waals surface area contributed by atoms with Gasteiger partial charge >= 0.3 is 5.97 Å². The molecule has 3 heteroatoms. The molecule has 0 aromatic carbocycles. The van der Waals surface area contributed by atoms with Crippen molar-refractivity contribution >= 4 is 11.8 Å². The number of ketones is 1. The maximum atomic E-state index is 10.8. The highest BCUT2D eigenvalue weighted by atomic mass is 16.6. The van der Waals surface area contributed by atoms with Crippen molar-refractivity contribution in [3.8, 4) is 0 Å². The Labute approximate surface area is 59.4 Å². The van der Waals surface area contributed by atoms with Gasteiger partial charge in [0.25, 0.3) is 0 Å². The van der Waals surface area contributed by atoms with Gasteiger partial charge in [0.1, 0.15) is 0 Å². The van der Waals surface area contributed by atoms with Gasteiger partial charge in [-0.25, -0.2) is 0 Å². The Morgan fingerprint density at radius 3 is 2.50 bits per heavy atom. The first kappa shape index (κ1) is 7.25. The number of carbonyl (C=O) groups excluding carboxylic acids is 2. The molecule has 1 fully saturated rings. The first-order chi connectivity index (χ1) is 4.54. The highest BCUT2D eigenvalue weighted by Gasteiger charge is 2.39. The number of carbonyl (C=O) groups is 2. The molecule has 0 radical (unpaired) electrons. The minimum absolute atomic E-state index is 0.0710. The van der Waals surface area contributed by atoms with E-state index < -0.39 is 5.60 Å². The van der Waals surface area contributed by atoms with Crippen LogP contribution in [-0.2, 0) is 14.3 Å². The first-order valence-electron chi connectivity index (χ1n) is 3.27. The van der Waals surface area contributed by atoms with Crippen molar-refractivity contribution < 1.29 is 14.3 Å². The summed E-state index contributed by atoms with van der Waals surface area (Å²) in [6.07, 6.45) is 0.900. The number of Topliss-reactive ketones (excluding diaryl/α,β-unsaturated/α-hetero) is 1. The van der Waals surface area contributed by atoms with Crippen LogP contribution in [0.25, 0.3) is 0 Å². The van der Waals surface area contributed by atoms with Gasteiger partial charge in [0.05, 0.1) is 0 Å². The van der Waals surface area contributed by atoms with Crippen LogP contribution in [0.15, 0.2) is 0 Å². The minimum atomic E-state index is -0.822. The molecule has 10 heavy (non-hydrogen) atoms. The first-order valence-corrected chi connectivity index (χ1v) is 3.27. The minimum Gasteiger partial charge on any atom is -0.451 e. The van der Waals surface area contributed by atoms with E-state index in [1.165, 1.54) is 6.92 Å². The molecule has 1 saturated heterocycles. The summed E-state index contributed by atoms with van der Waals surface area (Å²) in [5.74, 6) is -0.337. The van der Waals surface area contributed by atoms with Crippen molar-refractivity contribution in [1.29, 1.82) is 0 Å². The van der Waals surface area contributed by atoms with Gasteiger partial charge in [-0.1, -0.05) is 0 Å². The Bertz CT molecular complexity index is 185. The van der Waals surface area contributed by atoms with Gasteiger partial charge in [0, 0.05) is 12.8 Å². The van der Waals surface area contributed by atoms with Gasteiger partial charge in [-0.15, -0.1) is 0 Å². The van der Waals surface area contributed by atoms with Gasteiger partial charge in [-0.2, -0.15) is 0 Å². The molecule has 0 unspecified atom stereocenters. The van der Waals surface area contributed by atoms with Crippen LogP contribution >= 0.6 is 0 Å². The monoisotopic (exact) mass is 142 g/mol. The van der Waals surface area contributed by atoms with E-state index in [9.17, 15) is 9.59 Å². The van der Waals surface area contributed by atoms with E-state index in [-0.39, 0.29) is 11.8 Å². The summed E-state index contributed by atoms with van der Waals surface area (Å²) in [6, 6.07) is 0. The van der Waals surface area contributed by atoms with Crippen LogP contribution in [0, 0.1) is 0 Å². The van der Waals surface area contributed by atoms with Crippen LogP contribution in [-0.4, -0.2) is 17.4 Å². The molecular formula is C7H10O3. The third-order valence-electron chi connectivity index (χ3n) is 1.89. The SMILES string of the molecule is CC(=O)[C@]1(C)CCC(=O)O1. The lowest BCUT2D eigenvalue weighted by Crippen LogP contribution is -2.32. The van der Waals surface area contributed by atoms with Crippen molar-refractivity contribution in [3.05, 3.63) is 0 Å². The summed E-state index contributed by atoms with van der Waals surface area (Å²) >= 11 is 0. The molecule has 0 spiro atoms. The average molecular weight is 142 g/mol. The lowest BCUT2D eigenvalue weighted by Gasteiger charge is -2.17. The van der Waals surface area contributed by atoms with Crippen molar-refractivity contribution in [3.63, 3.8) is 0 Å². The van der Waals surface area contributed by atoms with Crippen LogP contribution in [0.1, 0.15) is 26.7 Å². The maximum absolute atomic E-state index is 10.8. The Kier molecular flexibility index (Phi) is 1.50. The summed E-state index contributed by atoms with van der Waals surface area (Å²) < 4.78 is 4.82. The van der Waals surface area contributed by atoms with E-state index in [0.717, 1.165) is 0 Å². The van der Waals surface area contributed by atoms with Gasteiger partial charge in [0.15, 0.2) is 11.4 Å². The molecule has 56 valence electrons. The lowest BCUT2D eigenvalue weighted by molar-refractivity contribution is -0.154. The van der Waals surface area contributed by atoms with E-state index in [1.54, 1.807) is 6.92 Å². The predicted molar refractivity (Wildman–Crippen MR) is 34.4 cm³/mol. The summed E-state index contributed by atoms with van der Waals surface area (Å²) in [5.41, 5.74) is -0.822. The zero-order valence-corrected chi connectivity index (χ0v) is 6.14. The Morgan fingerprint density at radius 2 is 2.30 bits per heavy atom. The molecule has 3 nitrogen and oxygen atoms in total. The molecule has 1 rings (SSSR count). The number of rotatable bonds is 1. The number of esters is 1. The molecule has 0 N–H and O–H groups in total. The standard InChI is InChI=1S/C7H10O3/c1-5(8)7(2)4-3-6(9)10-7/h3-4H2,1-2H3/t7-/m0/s1. The normalized spacial score (nSPS) is 32.0. The van der Waals surface area contributed by atoms with Crippen LogP contribution in [0.2, 0.25) is 0 Å². The molecular weight excluding hydrogens is 132 g/mol. The third-order valence-corrected chi connectivity index (χ3v) is 1.89. The summed E-state index contributed by atoms with van der Waals surface area (Å²) in [5, 5.41) is 0. The number of ether oxygens (including phenoxy) is 1. The maximum Gasteiger partial charge on any atom is 0.306 e. The van der Waals surface area contributed by atoms with Crippen LogP contribution in [0.5, 0.6) is 0 Å². The van der Waals surface area contributed by atoms with Crippen molar-refractivity contribution in [2.75, 3.05) is 0 Å². The highest BCUT2D eigenvalue weighted by Crippen LogP contribution is 2.26. The number of hydrogen-bond acceptors (Lipinski definition) is 3. The lowest BCUT2D eigenvalue weighted by atomic mass is 9.99. The molecule has 1 atom stereocenters. The predicted octanol–water partition coefficient (Wildman–Crippen LogP) is 0.671. The van der Waals surface area contributed by atoms with E-state index in [1.807, 2.05) is 0 Å². The second-order valence-corrected chi connectivity index (χ2v) is 2.76. The molecule has 0 aliphatic carbocycles. The van der Waals surface area contributed by atoms with Crippen LogP contribution in [0.4, 0.5) is 0 Å². The number of cyclic esters (lactones) is 1. The molecule has 0 saturated carbocycles. The van der Waals surface area contributed by atoms with Gasteiger partial charge in [-0.3, -0.25) is 9.59 Å². The zero-order valence-electron chi connectivity index (χ0n) is 6.14. The molecule has 1 aliphatic heterocycles. The Hall–Kier alpha value is -0.860. The van der Waals surface area contributed by atoms with Crippen molar-refractivity contribution in [2.24, 2.45) is 0 Å². The van der Waals surface area contributed by atoms with E-state index in [0.29, 0.717) is 12.8 Å². The summed E-state index contributed by atoms with van der Waals surface area (Å²) in [4.78, 5) is 21.4. The van der Waals surface area contributed by atoms with E-state index >= 15 is 0 Å². The largest absolute Gasteiger partial charge is 0.451 e. The molecule has 1 aliphatic rings. The van der Waals surface area contributed by atoms with Crippen molar-refractivity contribution in [1.82, 2.24) is 0 Å². The van der Waals surface area contributed by atoms with E-state index in [4.69, 9.17) is 4.74 Å². The molecule has 0 amide bonds. The molecule has 0 aromatic heterocycles. The number of hydrogen-bond donors (Lipinski definition) is 0. The topological polar surface area (TPSA) is 43.4 Å². The molecule has 0 aromatic rings. The van der Waals surface area contributed by atoms with Gasteiger partial charge < -0.3 is 4.74 Å². The van der Waals surface area contributed by atoms with Crippen molar-refractivity contribution in [2.45, 2.75) is 32.3 Å². The fraction of sp³-hybridized carbons (Fsp3) is 0.714. The third kappa shape index (κ3) is 1.03. The second-order valence-electron chi connectivity index (χ2n) is 2.76. The van der Waals surface area contributed by atoms with Gasteiger partial charge in [-0.05, 0) is 13.8 Å². The average Bonchev–Trinajstić information content (AvgIpc) is 2.13. The van der Waals surface area contributed by atoms with Gasteiger partial charge in [0.2, 0.25) is 0 Å². The van der Waals surface area contributed by atoms with E-state index in [2.05, 4.69) is 0 Å². The Morgan fingerprint density at radius 1 is 1.70 bits per heavy atom. The van der Waals surface area contributed by atoms with Crippen LogP contribution in [0.3, 0.4) is 0 Å². The smallest absolute Gasteiger partial charge is 0.306 e. The van der Waals surface area contributed by atoms with Crippen LogP contribution < -0.4 is 0 Å². The molecule has 0 bridgehead atoms. The molecule has 1 heterocycles. The zero-order chi connectivity index (χ0) is 7.78. The summed E-state index contributed by atoms with van der Waals surface area (Å²) in [6.45, 7) is 3.10. The fourth-order valence-corrected chi connectivity index (χ4v) is 0.942. The highest BCUT2D eigenvalue weighted by molar-refractivity contribution is 5.89.